The minimum atomic E-state index is -2.34. The topological polar surface area (TPSA) is 75.6 Å². The van der Waals surface area contributed by atoms with Crippen molar-refractivity contribution in [2.24, 2.45) is 0 Å². The highest BCUT2D eigenvalue weighted by molar-refractivity contribution is 7.37. The van der Waals surface area contributed by atoms with E-state index in [-0.39, 0.29) is 6.29 Å². The Bertz CT molecular complexity index is 186. The third-order valence-corrected chi connectivity index (χ3v) is 1.19. The predicted octanol–water partition coefficient (Wildman–Crippen LogP) is 1.20. The van der Waals surface area contributed by atoms with Crippen LogP contribution in [0.3, 0.4) is 0 Å². The van der Waals surface area contributed by atoms with Crippen LogP contribution in [-0.2, 0) is 9.30 Å². The highest BCUT2D eigenvalue weighted by atomic mass is 31.1. The molecule has 1 unspecified atom stereocenters. The fourth-order valence-corrected chi connectivity index (χ4v) is 0.711. The smallest absolute Gasteiger partial charge is 0.444 e. The Hall–Kier alpha value is -0.670. The molecule has 0 aromatic rings. The monoisotopic (exact) mass is 194 g/mol. The molecule has 0 radical (unpaired) electrons. The summed E-state index contributed by atoms with van der Waals surface area (Å²) >= 11 is 0. The highest BCUT2D eigenvalue weighted by Crippen LogP contribution is 2.10. The van der Waals surface area contributed by atoms with Crippen LogP contribution in [0.5, 0.6) is 0 Å². The minimum absolute atomic E-state index is 0.274. The van der Waals surface area contributed by atoms with Gasteiger partial charge in [-0.25, -0.2) is 4.79 Å². The van der Waals surface area contributed by atoms with Gasteiger partial charge < -0.3 is 4.74 Å². The number of carbonyl (C=O) groups is 1. The standard InChI is InChI=1S/C6H12NO4P/c1-6(2,3)11-5(8)7-4-12(9)10/h4H2,1-3H3,(H-,7,8,9,10)/p+1. The SMILES string of the molecule is CC(C)(C)OC(=O)NC[P+](=O)O. The first-order chi connectivity index (χ1) is 5.31. The Kier molecular flexibility index (Phi) is 4.13. The van der Waals surface area contributed by atoms with E-state index in [1.807, 2.05) is 0 Å². The van der Waals surface area contributed by atoms with Crippen molar-refractivity contribution in [3.8, 4) is 0 Å². The second-order valence-corrected chi connectivity index (χ2v) is 4.21. The normalized spacial score (nSPS) is 12.2. The first-order valence-corrected chi connectivity index (χ1v) is 4.81. The molecule has 0 heterocycles. The third kappa shape index (κ3) is 7.44. The van der Waals surface area contributed by atoms with Crippen LogP contribution in [0.4, 0.5) is 4.79 Å². The maximum atomic E-state index is 10.8. The van der Waals surface area contributed by atoms with Crippen LogP contribution in [0, 0.1) is 0 Å². The van der Waals surface area contributed by atoms with Crippen LogP contribution in [0.25, 0.3) is 0 Å². The lowest BCUT2D eigenvalue weighted by atomic mass is 10.2. The summed E-state index contributed by atoms with van der Waals surface area (Å²) in [6.45, 7) is 5.14. The molecule has 6 heteroatoms. The number of alkyl carbamates (subject to hydrolysis) is 1. The maximum Gasteiger partial charge on any atom is 0.527 e. The molecule has 2 N–H and O–H groups in total. The molecule has 0 aliphatic carbocycles. The molecule has 0 fully saturated rings. The average Bonchev–Trinajstić information content (AvgIpc) is 1.79. The molecule has 0 saturated heterocycles. The summed E-state index contributed by atoms with van der Waals surface area (Å²) < 4.78 is 14.9. The number of hydrogen-bond acceptors (Lipinski definition) is 3. The van der Waals surface area contributed by atoms with Crippen LogP contribution in [0.1, 0.15) is 20.8 Å². The molecule has 0 aromatic heterocycles. The average molecular weight is 194 g/mol. The number of rotatable bonds is 2. The summed E-state index contributed by atoms with van der Waals surface area (Å²) in [5.74, 6) is 0. The van der Waals surface area contributed by atoms with Gasteiger partial charge in [-0.05, 0) is 25.3 Å². The predicted molar refractivity (Wildman–Crippen MR) is 44.1 cm³/mol. The minimum Gasteiger partial charge on any atom is -0.444 e. The molecule has 70 valence electrons. The van der Waals surface area contributed by atoms with E-state index in [9.17, 15) is 9.36 Å². The summed E-state index contributed by atoms with van der Waals surface area (Å²) in [6.07, 6.45) is -0.954. The van der Waals surface area contributed by atoms with Gasteiger partial charge in [0.2, 0.25) is 0 Å². The van der Waals surface area contributed by atoms with Crippen molar-refractivity contribution >= 4 is 14.1 Å². The summed E-state index contributed by atoms with van der Waals surface area (Å²) in [5.41, 5.74) is -0.578. The van der Waals surface area contributed by atoms with E-state index in [0.717, 1.165) is 0 Å². The Labute approximate surface area is 72.0 Å². The molecular weight excluding hydrogens is 181 g/mol. The number of nitrogens with one attached hydrogen (secondary N) is 1. The Balaban J connectivity index is 3.68. The van der Waals surface area contributed by atoms with Crippen LogP contribution in [-0.4, -0.2) is 22.9 Å². The van der Waals surface area contributed by atoms with Crippen LogP contribution >= 0.6 is 8.03 Å². The first-order valence-electron chi connectivity index (χ1n) is 3.41. The molecule has 1 atom stereocenters. The first kappa shape index (κ1) is 11.3. The van der Waals surface area contributed by atoms with Gasteiger partial charge in [-0.3, -0.25) is 5.32 Å². The molecule has 0 bridgehead atoms. The second-order valence-electron chi connectivity index (χ2n) is 3.19. The molecule has 5 nitrogen and oxygen atoms in total. The Morgan fingerprint density at radius 3 is 2.42 bits per heavy atom. The molecule has 0 saturated carbocycles. The molecular formula is C6H13NO4P+. The van der Waals surface area contributed by atoms with E-state index < -0.39 is 19.7 Å². The fraction of sp³-hybridized carbons (Fsp3) is 0.833. The van der Waals surface area contributed by atoms with E-state index >= 15 is 0 Å². The zero-order valence-corrected chi connectivity index (χ0v) is 8.22. The van der Waals surface area contributed by atoms with Crippen molar-refractivity contribution in [2.45, 2.75) is 26.4 Å². The molecule has 0 aromatic carbocycles. The van der Waals surface area contributed by atoms with Crippen molar-refractivity contribution in [2.75, 3.05) is 6.29 Å². The van der Waals surface area contributed by atoms with Gasteiger partial charge in [-0.1, -0.05) is 0 Å². The Morgan fingerprint density at radius 1 is 1.58 bits per heavy atom. The molecule has 0 spiro atoms. The van der Waals surface area contributed by atoms with Crippen LogP contribution < -0.4 is 5.32 Å². The zero-order chi connectivity index (χ0) is 9.78. The van der Waals surface area contributed by atoms with Crippen molar-refractivity contribution in [3.63, 3.8) is 0 Å². The second kappa shape index (κ2) is 4.38. The van der Waals surface area contributed by atoms with Gasteiger partial charge in [0, 0.05) is 0 Å². The third-order valence-electron chi connectivity index (χ3n) is 0.758. The molecule has 0 aliphatic rings. The Morgan fingerprint density at radius 2 is 2.08 bits per heavy atom. The van der Waals surface area contributed by atoms with Crippen molar-refractivity contribution in [1.82, 2.24) is 5.32 Å². The van der Waals surface area contributed by atoms with Gasteiger partial charge >= 0.3 is 14.1 Å². The number of amides is 1. The zero-order valence-electron chi connectivity index (χ0n) is 7.33. The molecule has 1 amide bonds. The number of carbonyl (C=O) groups excluding carboxylic acids is 1. The summed E-state index contributed by atoms with van der Waals surface area (Å²) in [5, 5.41) is 2.14. The van der Waals surface area contributed by atoms with E-state index in [0.29, 0.717) is 0 Å². The summed E-state index contributed by atoms with van der Waals surface area (Å²) in [7, 11) is -2.34. The van der Waals surface area contributed by atoms with Gasteiger partial charge in [0.15, 0.2) is 0 Å². The lowest BCUT2D eigenvalue weighted by Crippen LogP contribution is -2.32. The van der Waals surface area contributed by atoms with Gasteiger partial charge in [-0.15, -0.1) is 0 Å². The van der Waals surface area contributed by atoms with Crippen LogP contribution in [0.15, 0.2) is 0 Å². The van der Waals surface area contributed by atoms with Gasteiger partial charge in [0.05, 0.1) is 0 Å². The van der Waals surface area contributed by atoms with Crippen molar-refractivity contribution in [3.05, 3.63) is 0 Å². The van der Waals surface area contributed by atoms with E-state index in [1.165, 1.54) is 0 Å². The largest absolute Gasteiger partial charge is 0.527 e. The summed E-state index contributed by atoms with van der Waals surface area (Å²) in [6, 6.07) is 0. The van der Waals surface area contributed by atoms with Crippen molar-refractivity contribution in [1.29, 1.82) is 0 Å². The maximum absolute atomic E-state index is 10.8. The molecule has 0 rings (SSSR count). The fourth-order valence-electron chi connectivity index (χ4n) is 0.446. The van der Waals surface area contributed by atoms with Crippen molar-refractivity contribution < 1.29 is 19.0 Å². The molecule has 0 aliphatic heterocycles. The summed E-state index contributed by atoms with van der Waals surface area (Å²) in [4.78, 5) is 19.1. The van der Waals surface area contributed by atoms with E-state index in [1.54, 1.807) is 20.8 Å². The van der Waals surface area contributed by atoms with Gasteiger partial charge in [0.1, 0.15) is 5.60 Å². The lowest BCUT2D eigenvalue weighted by molar-refractivity contribution is 0.0536. The number of hydrogen-bond donors (Lipinski definition) is 2. The molecule has 12 heavy (non-hydrogen) atoms. The number of ether oxygens (including phenoxy) is 1. The highest BCUT2D eigenvalue weighted by Gasteiger charge is 2.18. The van der Waals surface area contributed by atoms with E-state index in [2.05, 4.69) is 5.32 Å². The van der Waals surface area contributed by atoms with Gasteiger partial charge in [-0.2, -0.15) is 4.89 Å². The quantitative estimate of drug-likeness (QED) is 0.647. The van der Waals surface area contributed by atoms with E-state index in [4.69, 9.17) is 9.63 Å². The van der Waals surface area contributed by atoms with Gasteiger partial charge in [0.25, 0.3) is 6.29 Å². The lowest BCUT2D eigenvalue weighted by Gasteiger charge is -2.18. The van der Waals surface area contributed by atoms with Crippen LogP contribution in [0.2, 0.25) is 0 Å².